The van der Waals surface area contributed by atoms with Gasteiger partial charge in [0.2, 0.25) is 0 Å². The van der Waals surface area contributed by atoms with Crippen LogP contribution in [0.2, 0.25) is 0 Å². The Kier molecular flexibility index (Phi) is 4.69. The van der Waals surface area contributed by atoms with E-state index < -0.39 is 10.0 Å². The Labute approximate surface area is 120 Å². The molecule has 104 valence electrons. The number of aromatic nitrogens is 1. The fourth-order valence-corrected chi connectivity index (χ4v) is 4.87. The van der Waals surface area contributed by atoms with E-state index in [-0.39, 0.29) is 6.04 Å². The monoisotopic (exact) mass is 317 g/mol. The van der Waals surface area contributed by atoms with Gasteiger partial charge < -0.3 is 5.32 Å². The van der Waals surface area contributed by atoms with Crippen LogP contribution in [0.4, 0.5) is 0 Å². The SMILES string of the molecule is CNCc1ccc(S(=O)(=O)NC(C)c2nccs2)s1. The second-order valence-electron chi connectivity index (χ2n) is 3.96. The van der Waals surface area contributed by atoms with E-state index in [2.05, 4.69) is 15.0 Å². The Morgan fingerprint density at radius 1 is 1.42 bits per heavy atom. The minimum absolute atomic E-state index is 0.320. The largest absolute Gasteiger partial charge is 0.315 e. The van der Waals surface area contributed by atoms with Gasteiger partial charge in [-0.05, 0) is 26.1 Å². The van der Waals surface area contributed by atoms with E-state index in [1.807, 2.05) is 18.5 Å². The Morgan fingerprint density at radius 2 is 2.21 bits per heavy atom. The third-order valence-electron chi connectivity index (χ3n) is 2.41. The van der Waals surface area contributed by atoms with Crippen molar-refractivity contribution >= 4 is 32.7 Å². The maximum Gasteiger partial charge on any atom is 0.250 e. The lowest BCUT2D eigenvalue weighted by Crippen LogP contribution is -2.26. The van der Waals surface area contributed by atoms with Crippen molar-refractivity contribution in [3.05, 3.63) is 33.6 Å². The van der Waals surface area contributed by atoms with Crippen LogP contribution in [0.3, 0.4) is 0 Å². The van der Waals surface area contributed by atoms with Gasteiger partial charge >= 0.3 is 0 Å². The summed E-state index contributed by atoms with van der Waals surface area (Å²) in [5.41, 5.74) is 0. The lowest BCUT2D eigenvalue weighted by Gasteiger charge is -2.10. The fourth-order valence-electron chi connectivity index (χ4n) is 1.56. The van der Waals surface area contributed by atoms with Gasteiger partial charge in [-0.15, -0.1) is 22.7 Å². The molecule has 5 nitrogen and oxygen atoms in total. The average molecular weight is 317 g/mol. The quantitative estimate of drug-likeness (QED) is 0.854. The number of nitrogens with one attached hydrogen (secondary N) is 2. The molecular weight excluding hydrogens is 302 g/mol. The van der Waals surface area contributed by atoms with E-state index in [1.54, 1.807) is 19.2 Å². The van der Waals surface area contributed by atoms with Gasteiger partial charge in [-0.25, -0.2) is 18.1 Å². The number of thiazole rings is 1. The number of sulfonamides is 1. The first-order chi connectivity index (χ1) is 9.03. The summed E-state index contributed by atoms with van der Waals surface area (Å²) in [5, 5.41) is 5.59. The molecule has 19 heavy (non-hydrogen) atoms. The maximum absolute atomic E-state index is 12.2. The molecule has 0 aromatic carbocycles. The van der Waals surface area contributed by atoms with Crippen molar-refractivity contribution in [1.82, 2.24) is 15.0 Å². The summed E-state index contributed by atoms with van der Waals surface area (Å²) in [4.78, 5) is 5.10. The molecule has 2 N–H and O–H groups in total. The molecule has 1 unspecified atom stereocenters. The molecule has 2 heterocycles. The summed E-state index contributed by atoms with van der Waals surface area (Å²) < 4.78 is 27.4. The average Bonchev–Trinajstić information content (AvgIpc) is 2.99. The standard InChI is InChI=1S/C11H15N3O2S3/c1-8(11-13-5-6-17-11)14-19(15,16)10-4-3-9(18-10)7-12-2/h3-6,8,12,14H,7H2,1-2H3. The second kappa shape index (κ2) is 6.10. The van der Waals surface area contributed by atoms with Crippen molar-refractivity contribution in [3.63, 3.8) is 0 Å². The van der Waals surface area contributed by atoms with Gasteiger partial charge in [-0.2, -0.15) is 0 Å². The Hall–Kier alpha value is -0.800. The molecule has 2 aromatic rings. The molecule has 1 atom stereocenters. The van der Waals surface area contributed by atoms with Gasteiger partial charge in [0, 0.05) is 23.0 Å². The highest BCUT2D eigenvalue weighted by atomic mass is 32.2. The molecule has 0 saturated heterocycles. The summed E-state index contributed by atoms with van der Waals surface area (Å²) in [6, 6.07) is 3.14. The van der Waals surface area contributed by atoms with E-state index >= 15 is 0 Å². The molecule has 0 aliphatic rings. The molecule has 0 aliphatic carbocycles. The predicted molar refractivity (Wildman–Crippen MR) is 77.9 cm³/mol. The van der Waals surface area contributed by atoms with Gasteiger partial charge in [0.25, 0.3) is 10.0 Å². The second-order valence-corrected chi connectivity index (χ2v) is 8.00. The van der Waals surface area contributed by atoms with Crippen LogP contribution in [-0.4, -0.2) is 20.4 Å². The van der Waals surface area contributed by atoms with Crippen molar-refractivity contribution in [2.75, 3.05) is 7.05 Å². The zero-order valence-electron chi connectivity index (χ0n) is 10.6. The van der Waals surface area contributed by atoms with Gasteiger partial charge in [-0.1, -0.05) is 0 Å². The van der Waals surface area contributed by atoms with Crippen LogP contribution in [0.5, 0.6) is 0 Å². The number of rotatable bonds is 6. The molecule has 0 bridgehead atoms. The van der Waals surface area contributed by atoms with Crippen LogP contribution in [0.15, 0.2) is 27.9 Å². The summed E-state index contributed by atoms with van der Waals surface area (Å²) in [6.45, 7) is 2.46. The highest BCUT2D eigenvalue weighted by Gasteiger charge is 2.21. The molecule has 0 fully saturated rings. The Bertz CT molecular complexity index is 619. The van der Waals surface area contributed by atoms with E-state index in [0.29, 0.717) is 10.8 Å². The van der Waals surface area contributed by atoms with Crippen molar-refractivity contribution in [1.29, 1.82) is 0 Å². The minimum atomic E-state index is -3.48. The van der Waals surface area contributed by atoms with Gasteiger partial charge in [-0.3, -0.25) is 0 Å². The first-order valence-electron chi connectivity index (χ1n) is 5.68. The molecule has 2 rings (SSSR count). The van der Waals surface area contributed by atoms with Crippen molar-refractivity contribution in [3.8, 4) is 0 Å². The molecular formula is C11H15N3O2S3. The fraction of sp³-hybridized carbons (Fsp3) is 0.364. The number of nitrogens with zero attached hydrogens (tertiary/aromatic N) is 1. The summed E-state index contributed by atoms with van der Waals surface area (Å²) in [6.07, 6.45) is 1.67. The van der Waals surface area contributed by atoms with E-state index in [0.717, 1.165) is 9.88 Å². The number of thiophene rings is 1. The number of hydrogen-bond acceptors (Lipinski definition) is 6. The number of hydrogen-bond donors (Lipinski definition) is 2. The lowest BCUT2D eigenvalue weighted by molar-refractivity contribution is 0.568. The first kappa shape index (κ1) is 14.6. The molecule has 0 aliphatic heterocycles. The van der Waals surface area contributed by atoms with E-state index in [4.69, 9.17) is 0 Å². The smallest absolute Gasteiger partial charge is 0.250 e. The van der Waals surface area contributed by atoms with Crippen LogP contribution < -0.4 is 10.0 Å². The van der Waals surface area contributed by atoms with Crippen molar-refractivity contribution in [2.24, 2.45) is 0 Å². The summed E-state index contributed by atoms with van der Waals surface area (Å²) in [7, 11) is -1.65. The topological polar surface area (TPSA) is 71.1 Å². The highest BCUT2D eigenvalue weighted by molar-refractivity contribution is 7.91. The Morgan fingerprint density at radius 3 is 2.84 bits per heavy atom. The normalized spacial score (nSPS) is 13.6. The predicted octanol–water partition coefficient (Wildman–Crippen LogP) is 1.96. The van der Waals surface area contributed by atoms with Crippen LogP contribution in [-0.2, 0) is 16.6 Å². The van der Waals surface area contributed by atoms with Crippen molar-refractivity contribution < 1.29 is 8.42 Å². The van der Waals surface area contributed by atoms with Gasteiger partial charge in [0.1, 0.15) is 9.22 Å². The zero-order valence-corrected chi connectivity index (χ0v) is 13.0. The molecule has 0 spiro atoms. The summed E-state index contributed by atoms with van der Waals surface area (Å²) >= 11 is 2.71. The molecule has 0 saturated carbocycles. The van der Waals surface area contributed by atoms with Crippen molar-refractivity contribution in [2.45, 2.75) is 23.7 Å². The summed E-state index contributed by atoms with van der Waals surface area (Å²) in [5.74, 6) is 0. The van der Waals surface area contributed by atoms with Gasteiger partial charge in [0.05, 0.1) is 6.04 Å². The Balaban J connectivity index is 2.13. The van der Waals surface area contributed by atoms with Crippen LogP contribution in [0.1, 0.15) is 22.9 Å². The maximum atomic E-state index is 12.2. The van der Waals surface area contributed by atoms with Crippen LogP contribution >= 0.6 is 22.7 Å². The molecule has 2 aromatic heterocycles. The lowest BCUT2D eigenvalue weighted by atomic mass is 10.4. The zero-order chi connectivity index (χ0) is 13.9. The minimum Gasteiger partial charge on any atom is -0.315 e. The first-order valence-corrected chi connectivity index (χ1v) is 8.86. The van der Waals surface area contributed by atoms with Crippen LogP contribution in [0, 0.1) is 0 Å². The van der Waals surface area contributed by atoms with Crippen LogP contribution in [0.25, 0.3) is 0 Å². The third kappa shape index (κ3) is 3.61. The highest BCUT2D eigenvalue weighted by Crippen LogP contribution is 2.24. The third-order valence-corrected chi connectivity index (χ3v) is 6.48. The van der Waals surface area contributed by atoms with E-state index in [9.17, 15) is 8.42 Å². The molecule has 0 amide bonds. The van der Waals surface area contributed by atoms with E-state index in [1.165, 1.54) is 22.7 Å². The van der Waals surface area contributed by atoms with Gasteiger partial charge in [0.15, 0.2) is 0 Å². The molecule has 8 heteroatoms. The molecule has 0 radical (unpaired) electrons.